The molecule has 1 N–H and O–H groups in total. The summed E-state index contributed by atoms with van der Waals surface area (Å²) in [6.07, 6.45) is 8.92. The zero-order chi connectivity index (χ0) is 13.2. The van der Waals surface area contributed by atoms with Crippen molar-refractivity contribution >= 4 is 17.5 Å². The fourth-order valence-corrected chi connectivity index (χ4v) is 2.87. The lowest BCUT2D eigenvalue weighted by Gasteiger charge is -2.16. The molecule has 1 heterocycles. The highest BCUT2D eigenvalue weighted by Crippen LogP contribution is 2.25. The van der Waals surface area contributed by atoms with Crippen molar-refractivity contribution in [1.29, 1.82) is 0 Å². The third-order valence-corrected chi connectivity index (χ3v) is 3.99. The van der Waals surface area contributed by atoms with Gasteiger partial charge in [-0.15, -0.1) is 0 Å². The molecule has 3 rings (SSSR count). The molecule has 0 saturated heterocycles. The maximum Gasteiger partial charge on any atom is 0.207 e. The van der Waals surface area contributed by atoms with Gasteiger partial charge in [-0.25, -0.2) is 4.98 Å². The molecular formula is C15H18ClN3. The van der Waals surface area contributed by atoms with E-state index < -0.39 is 0 Å². The van der Waals surface area contributed by atoms with Crippen LogP contribution in [0.3, 0.4) is 0 Å². The van der Waals surface area contributed by atoms with Crippen molar-refractivity contribution in [3.05, 3.63) is 41.2 Å². The lowest BCUT2D eigenvalue weighted by molar-refractivity contribution is 0.740. The lowest BCUT2D eigenvalue weighted by Crippen LogP contribution is -2.17. The van der Waals surface area contributed by atoms with E-state index in [4.69, 9.17) is 11.6 Å². The first-order valence-electron chi connectivity index (χ1n) is 6.80. The van der Waals surface area contributed by atoms with Crippen LogP contribution in [0, 0.1) is 6.92 Å². The molecule has 1 aromatic carbocycles. The van der Waals surface area contributed by atoms with E-state index in [0.29, 0.717) is 6.04 Å². The van der Waals surface area contributed by atoms with Gasteiger partial charge in [0.15, 0.2) is 0 Å². The fraction of sp³-hybridized carbons (Fsp3) is 0.400. The van der Waals surface area contributed by atoms with E-state index in [1.807, 2.05) is 30.6 Å². The molecule has 0 spiro atoms. The number of aryl methyl sites for hydroxylation is 1. The Morgan fingerprint density at radius 2 is 2.11 bits per heavy atom. The second-order valence-corrected chi connectivity index (χ2v) is 5.61. The number of benzene rings is 1. The van der Waals surface area contributed by atoms with Crippen LogP contribution in [0.5, 0.6) is 0 Å². The molecule has 1 fully saturated rings. The first-order chi connectivity index (χ1) is 9.24. The molecule has 2 aromatic rings. The number of imidazole rings is 1. The normalized spacial score (nSPS) is 15.9. The summed E-state index contributed by atoms with van der Waals surface area (Å²) >= 11 is 6.10. The maximum atomic E-state index is 6.10. The Labute approximate surface area is 118 Å². The summed E-state index contributed by atoms with van der Waals surface area (Å²) in [4.78, 5) is 4.44. The molecule has 1 aromatic heterocycles. The van der Waals surface area contributed by atoms with Crippen LogP contribution in [-0.4, -0.2) is 15.6 Å². The number of halogens is 1. The van der Waals surface area contributed by atoms with Crippen LogP contribution in [0.25, 0.3) is 5.69 Å². The Morgan fingerprint density at radius 1 is 1.32 bits per heavy atom. The number of anilines is 1. The summed E-state index contributed by atoms with van der Waals surface area (Å²) in [7, 11) is 0. The minimum atomic E-state index is 0.556. The van der Waals surface area contributed by atoms with E-state index in [9.17, 15) is 0 Å². The van der Waals surface area contributed by atoms with Gasteiger partial charge in [0.05, 0.1) is 5.69 Å². The average molecular weight is 276 g/mol. The number of aromatic nitrogens is 2. The van der Waals surface area contributed by atoms with Gasteiger partial charge in [0.25, 0.3) is 0 Å². The number of rotatable bonds is 3. The van der Waals surface area contributed by atoms with Crippen LogP contribution in [0.4, 0.5) is 5.95 Å². The van der Waals surface area contributed by atoms with E-state index in [1.165, 1.54) is 31.2 Å². The summed E-state index contributed by atoms with van der Waals surface area (Å²) in [6, 6.07) is 6.50. The van der Waals surface area contributed by atoms with E-state index >= 15 is 0 Å². The number of nitrogens with one attached hydrogen (secondary N) is 1. The summed E-state index contributed by atoms with van der Waals surface area (Å²) in [5.74, 6) is 0.914. The molecule has 0 bridgehead atoms. The Balaban J connectivity index is 1.92. The van der Waals surface area contributed by atoms with Crippen molar-refractivity contribution < 1.29 is 0 Å². The molecule has 19 heavy (non-hydrogen) atoms. The standard InChI is InChI=1S/C15H18ClN3/c1-11-6-7-12(16)10-14(11)19-9-8-17-15(19)18-13-4-2-3-5-13/h6-10,13H,2-5H2,1H3,(H,17,18). The summed E-state index contributed by atoms with van der Waals surface area (Å²) in [5.41, 5.74) is 2.28. The highest BCUT2D eigenvalue weighted by atomic mass is 35.5. The Hall–Kier alpha value is -1.48. The minimum absolute atomic E-state index is 0.556. The quantitative estimate of drug-likeness (QED) is 0.910. The van der Waals surface area contributed by atoms with E-state index in [2.05, 4.69) is 21.8 Å². The molecule has 1 saturated carbocycles. The highest BCUT2D eigenvalue weighted by Gasteiger charge is 2.17. The van der Waals surface area contributed by atoms with Crippen molar-refractivity contribution in [2.75, 3.05) is 5.32 Å². The van der Waals surface area contributed by atoms with Crippen LogP contribution >= 0.6 is 11.6 Å². The van der Waals surface area contributed by atoms with Crippen LogP contribution in [0.1, 0.15) is 31.2 Å². The van der Waals surface area contributed by atoms with Gasteiger partial charge in [-0.05, 0) is 37.5 Å². The Kier molecular flexibility index (Phi) is 3.47. The Bertz CT molecular complexity index is 571. The molecule has 4 heteroatoms. The van der Waals surface area contributed by atoms with Gasteiger partial charge < -0.3 is 5.32 Å². The van der Waals surface area contributed by atoms with Gasteiger partial charge in [-0.2, -0.15) is 0 Å². The molecule has 0 amide bonds. The topological polar surface area (TPSA) is 29.9 Å². The first kappa shape index (κ1) is 12.5. The van der Waals surface area contributed by atoms with E-state index in [1.54, 1.807) is 0 Å². The minimum Gasteiger partial charge on any atom is -0.353 e. The zero-order valence-electron chi connectivity index (χ0n) is 11.1. The Morgan fingerprint density at radius 3 is 2.89 bits per heavy atom. The van der Waals surface area contributed by atoms with Gasteiger partial charge in [-0.3, -0.25) is 4.57 Å². The van der Waals surface area contributed by atoms with Crippen LogP contribution in [0.15, 0.2) is 30.6 Å². The highest BCUT2D eigenvalue weighted by molar-refractivity contribution is 6.30. The second kappa shape index (κ2) is 5.25. The second-order valence-electron chi connectivity index (χ2n) is 5.18. The van der Waals surface area contributed by atoms with E-state index in [0.717, 1.165) is 16.7 Å². The van der Waals surface area contributed by atoms with E-state index in [-0.39, 0.29) is 0 Å². The largest absolute Gasteiger partial charge is 0.353 e. The van der Waals surface area contributed by atoms with Crippen LogP contribution in [-0.2, 0) is 0 Å². The smallest absolute Gasteiger partial charge is 0.207 e. The van der Waals surface area contributed by atoms with Gasteiger partial charge in [0.1, 0.15) is 0 Å². The fourth-order valence-electron chi connectivity index (χ4n) is 2.70. The molecule has 1 aliphatic carbocycles. The molecule has 0 aliphatic heterocycles. The molecular weight excluding hydrogens is 258 g/mol. The van der Waals surface area contributed by atoms with Crippen molar-refractivity contribution in [1.82, 2.24) is 9.55 Å². The van der Waals surface area contributed by atoms with Gasteiger partial charge >= 0.3 is 0 Å². The third-order valence-electron chi connectivity index (χ3n) is 3.76. The molecule has 3 nitrogen and oxygen atoms in total. The lowest BCUT2D eigenvalue weighted by atomic mass is 10.2. The molecule has 0 radical (unpaired) electrons. The van der Waals surface area contributed by atoms with Crippen molar-refractivity contribution in [3.63, 3.8) is 0 Å². The van der Waals surface area contributed by atoms with Crippen molar-refractivity contribution in [3.8, 4) is 5.69 Å². The van der Waals surface area contributed by atoms with Crippen molar-refractivity contribution in [2.24, 2.45) is 0 Å². The van der Waals surface area contributed by atoms with Gasteiger partial charge in [0, 0.05) is 23.5 Å². The number of hydrogen-bond donors (Lipinski definition) is 1. The average Bonchev–Trinajstić information content (AvgIpc) is 3.04. The summed E-state index contributed by atoms with van der Waals surface area (Å²) in [5, 5.41) is 4.29. The zero-order valence-corrected chi connectivity index (χ0v) is 11.8. The number of nitrogens with zero attached hydrogens (tertiary/aromatic N) is 2. The summed E-state index contributed by atoms with van der Waals surface area (Å²) in [6.45, 7) is 2.09. The maximum absolute atomic E-state index is 6.10. The summed E-state index contributed by atoms with van der Waals surface area (Å²) < 4.78 is 2.08. The van der Waals surface area contributed by atoms with Gasteiger partial charge in [-0.1, -0.05) is 30.5 Å². The third kappa shape index (κ3) is 2.61. The predicted molar refractivity (Wildman–Crippen MR) is 79.2 cm³/mol. The molecule has 0 atom stereocenters. The SMILES string of the molecule is Cc1ccc(Cl)cc1-n1ccnc1NC1CCCC1. The first-order valence-corrected chi connectivity index (χ1v) is 7.18. The van der Waals surface area contributed by atoms with Crippen molar-refractivity contribution in [2.45, 2.75) is 38.6 Å². The van der Waals surface area contributed by atoms with Crippen LogP contribution in [0.2, 0.25) is 5.02 Å². The van der Waals surface area contributed by atoms with Crippen LogP contribution < -0.4 is 5.32 Å². The predicted octanol–water partition coefficient (Wildman–Crippen LogP) is 4.19. The molecule has 1 aliphatic rings. The van der Waals surface area contributed by atoms with Gasteiger partial charge in [0.2, 0.25) is 5.95 Å². The number of hydrogen-bond acceptors (Lipinski definition) is 2. The monoisotopic (exact) mass is 275 g/mol. The molecule has 100 valence electrons. The molecule has 0 unspecified atom stereocenters.